The summed E-state index contributed by atoms with van der Waals surface area (Å²) >= 11 is 0. The Kier molecular flexibility index (Phi) is 46.2. The zero-order valence-electron chi connectivity index (χ0n) is 47.4. The maximum absolute atomic E-state index is 10.1. The van der Waals surface area contributed by atoms with Crippen molar-refractivity contribution in [2.45, 2.75) is 316 Å². The summed E-state index contributed by atoms with van der Waals surface area (Å²) in [4.78, 5) is 0. The lowest BCUT2D eigenvalue weighted by Crippen LogP contribution is -2.43. The normalized spacial score (nSPS) is 13.5. The van der Waals surface area contributed by atoms with Gasteiger partial charge in [-0.1, -0.05) is 260 Å². The van der Waals surface area contributed by atoms with Gasteiger partial charge in [0.25, 0.3) is 0 Å². The fraction of sp³-hybridized carbons (Fsp3) is 0.966. The van der Waals surface area contributed by atoms with Crippen molar-refractivity contribution in [3.8, 4) is 0 Å². The summed E-state index contributed by atoms with van der Waals surface area (Å²) in [5.41, 5.74) is 1.04. The molecule has 0 fully saturated rings. The van der Waals surface area contributed by atoms with Gasteiger partial charge in [0.2, 0.25) is 0 Å². The van der Waals surface area contributed by atoms with Gasteiger partial charge in [0.05, 0.1) is 39.1 Å². The van der Waals surface area contributed by atoms with Crippen molar-refractivity contribution in [3.63, 3.8) is 0 Å². The van der Waals surface area contributed by atoms with Crippen molar-refractivity contribution in [2.75, 3.05) is 46.2 Å². The van der Waals surface area contributed by atoms with Crippen molar-refractivity contribution in [1.82, 2.24) is 0 Å². The molecule has 0 spiro atoms. The summed E-state index contributed by atoms with van der Waals surface area (Å²) in [6.07, 6.45) is 43.9. The van der Waals surface area contributed by atoms with Gasteiger partial charge in [-0.05, 0) is 56.0 Å². The Balaban J connectivity index is 0. The molecule has 0 saturated carbocycles. The van der Waals surface area contributed by atoms with Gasteiger partial charge in [0, 0.05) is 13.2 Å². The third-order valence-corrected chi connectivity index (χ3v) is 23.3. The topological polar surface area (TPSA) is 66.4 Å². The van der Waals surface area contributed by atoms with E-state index in [9.17, 15) is 5.11 Å². The van der Waals surface area contributed by atoms with Gasteiger partial charge in [0.15, 0.2) is 16.6 Å². The Hall–Kier alpha value is -0.0662. The fourth-order valence-electron chi connectivity index (χ4n) is 7.43. The van der Waals surface area contributed by atoms with E-state index in [4.69, 9.17) is 23.1 Å². The average molecular weight is 972 g/mol. The molecule has 398 valence electrons. The van der Waals surface area contributed by atoms with Crippen LogP contribution in [0.15, 0.2) is 12.2 Å². The van der Waals surface area contributed by atoms with Gasteiger partial charge in [-0.3, -0.25) is 0 Å². The van der Waals surface area contributed by atoms with E-state index in [-0.39, 0.29) is 16.2 Å². The van der Waals surface area contributed by atoms with E-state index < -0.39 is 22.7 Å². The van der Waals surface area contributed by atoms with Crippen LogP contribution >= 0.6 is 0 Å². The van der Waals surface area contributed by atoms with Crippen LogP contribution < -0.4 is 0 Å². The SMILES string of the molecule is C=C(C)CO[C@H](COCCCCCCCCCCCCCCCCCC)CO[Si](C)(C)C(C)(C)C.CCCCCCCCCCCCCCCCCCOC[C@@H](O)CO[Si](C)(C)C(C)(C)C. The molecular weight excluding hydrogens is 849 g/mol. The van der Waals surface area contributed by atoms with E-state index in [1.807, 2.05) is 6.92 Å². The Labute approximate surface area is 417 Å². The van der Waals surface area contributed by atoms with Crippen LogP contribution in [0, 0.1) is 0 Å². The summed E-state index contributed by atoms with van der Waals surface area (Å²) < 4.78 is 30.1. The van der Waals surface area contributed by atoms with E-state index in [2.05, 4.69) is 88.2 Å². The molecule has 0 aromatic rings. The van der Waals surface area contributed by atoms with Gasteiger partial charge >= 0.3 is 0 Å². The maximum Gasteiger partial charge on any atom is 0.192 e. The van der Waals surface area contributed by atoms with E-state index in [0.29, 0.717) is 33.0 Å². The highest BCUT2D eigenvalue weighted by Gasteiger charge is 2.38. The van der Waals surface area contributed by atoms with Crippen LogP contribution in [0.1, 0.15) is 268 Å². The molecule has 66 heavy (non-hydrogen) atoms. The maximum atomic E-state index is 10.1. The van der Waals surface area contributed by atoms with Gasteiger partial charge in [-0.25, -0.2) is 0 Å². The van der Waals surface area contributed by atoms with Crippen LogP contribution in [0.25, 0.3) is 0 Å². The molecule has 0 saturated heterocycles. The first-order chi connectivity index (χ1) is 31.3. The Morgan fingerprint density at radius 1 is 0.424 bits per heavy atom. The van der Waals surface area contributed by atoms with Crippen LogP contribution in [-0.4, -0.2) is 80.2 Å². The summed E-state index contributed by atoms with van der Waals surface area (Å²) in [5.74, 6) is 0. The van der Waals surface area contributed by atoms with Crippen LogP contribution in [0.2, 0.25) is 36.3 Å². The van der Waals surface area contributed by atoms with Crippen LogP contribution in [-0.2, 0) is 23.1 Å². The smallest absolute Gasteiger partial charge is 0.192 e. The van der Waals surface area contributed by atoms with Gasteiger partial charge in [0.1, 0.15) is 6.10 Å². The Morgan fingerprint density at radius 3 is 0.985 bits per heavy atom. The quantitative estimate of drug-likeness (QED) is 0.0372. The van der Waals surface area contributed by atoms with Gasteiger partial charge < -0.3 is 28.2 Å². The van der Waals surface area contributed by atoms with E-state index in [1.54, 1.807) is 0 Å². The monoisotopic (exact) mass is 971 g/mol. The second kappa shape index (κ2) is 44.8. The molecule has 0 aliphatic heterocycles. The minimum Gasteiger partial charge on any atom is -0.414 e. The summed E-state index contributed by atoms with van der Waals surface area (Å²) in [6.45, 7) is 37.2. The predicted octanol–water partition coefficient (Wildman–Crippen LogP) is 18.9. The first-order valence-corrected chi connectivity index (χ1v) is 34.5. The number of aliphatic hydroxyl groups excluding tert-OH is 1. The molecule has 2 atom stereocenters. The molecule has 0 aromatic heterocycles. The number of ether oxygens (including phenoxy) is 3. The summed E-state index contributed by atoms with van der Waals surface area (Å²) in [7, 11) is -3.55. The second-order valence-corrected chi connectivity index (χ2v) is 33.1. The molecule has 0 amide bonds. The number of hydrogen-bond donors (Lipinski definition) is 1. The number of hydrogen-bond acceptors (Lipinski definition) is 6. The van der Waals surface area contributed by atoms with Crippen molar-refractivity contribution in [1.29, 1.82) is 0 Å². The Bertz CT molecular complexity index is 1020. The number of unbranched alkanes of at least 4 members (excludes halogenated alkanes) is 30. The third kappa shape index (κ3) is 45.1. The van der Waals surface area contributed by atoms with E-state index in [0.717, 1.165) is 31.6 Å². The van der Waals surface area contributed by atoms with Crippen molar-refractivity contribution >= 4 is 16.6 Å². The first kappa shape index (κ1) is 68.0. The average Bonchev–Trinajstić information content (AvgIpc) is 3.24. The van der Waals surface area contributed by atoms with Crippen LogP contribution in [0.4, 0.5) is 0 Å². The zero-order chi connectivity index (χ0) is 49.8. The minimum atomic E-state index is -1.78. The fourth-order valence-corrected chi connectivity index (χ4v) is 9.51. The minimum absolute atomic E-state index is 0.0121. The van der Waals surface area contributed by atoms with Crippen molar-refractivity contribution in [3.05, 3.63) is 12.2 Å². The second-order valence-electron chi connectivity index (χ2n) is 23.4. The van der Waals surface area contributed by atoms with Crippen molar-refractivity contribution < 1.29 is 28.2 Å². The molecular formula is C58H122O6Si2. The molecule has 8 heteroatoms. The molecule has 0 heterocycles. The number of rotatable bonds is 47. The molecule has 0 aliphatic carbocycles. The Morgan fingerprint density at radius 2 is 0.697 bits per heavy atom. The van der Waals surface area contributed by atoms with Crippen molar-refractivity contribution in [2.24, 2.45) is 0 Å². The van der Waals surface area contributed by atoms with Gasteiger partial charge in [-0.2, -0.15) is 0 Å². The zero-order valence-corrected chi connectivity index (χ0v) is 49.4. The summed E-state index contributed by atoms with van der Waals surface area (Å²) in [5, 5.41) is 10.5. The van der Waals surface area contributed by atoms with Gasteiger partial charge in [-0.15, -0.1) is 0 Å². The largest absolute Gasteiger partial charge is 0.414 e. The summed E-state index contributed by atoms with van der Waals surface area (Å²) in [6, 6.07) is 0. The highest BCUT2D eigenvalue weighted by atomic mass is 28.4. The molecule has 0 aliphatic rings. The lowest BCUT2D eigenvalue weighted by Gasteiger charge is -2.37. The van der Waals surface area contributed by atoms with E-state index in [1.165, 1.54) is 193 Å². The third-order valence-electron chi connectivity index (χ3n) is 14.3. The highest BCUT2D eigenvalue weighted by Crippen LogP contribution is 2.37. The lowest BCUT2D eigenvalue weighted by molar-refractivity contribution is -0.0324. The molecule has 6 nitrogen and oxygen atoms in total. The molecule has 0 aromatic carbocycles. The molecule has 1 N–H and O–H groups in total. The highest BCUT2D eigenvalue weighted by molar-refractivity contribution is 6.74. The molecule has 0 rings (SSSR count). The predicted molar refractivity (Wildman–Crippen MR) is 298 cm³/mol. The van der Waals surface area contributed by atoms with E-state index >= 15 is 0 Å². The lowest BCUT2D eigenvalue weighted by atomic mass is 10.0. The molecule has 0 bridgehead atoms. The molecule has 0 radical (unpaired) electrons. The molecule has 0 unspecified atom stereocenters. The van der Waals surface area contributed by atoms with Crippen LogP contribution in [0.3, 0.4) is 0 Å². The first-order valence-electron chi connectivity index (χ1n) is 28.7. The standard InChI is InChI=1S/C31H64O3Si.C27H58O3Si/c1-9-10-11-12-13-14-15-16-17-18-19-20-21-22-23-24-25-32-27-30(33-26-29(2)3)28-34-35(7,8)31(4,5)6;1-7-8-9-10-11-12-13-14-15-16-17-18-19-20-21-22-23-29-24-26(28)25-30-31(5,6)27(2,3)4/h30H,2,9-28H2,1,3-8H3;26,28H,7-25H2,1-6H3/t30-;26-/m11/s1. The number of aliphatic hydroxyl groups is 1. The van der Waals surface area contributed by atoms with Crippen LogP contribution in [0.5, 0.6) is 0 Å².